The van der Waals surface area contributed by atoms with E-state index in [0.717, 1.165) is 36.5 Å². The average molecular weight is 319 g/mol. The fraction of sp³-hybridized carbons (Fsp3) is 0.529. The standard InChI is InChI=1S/C17H25N3OS/c1-5-7-14-13(6-2)10-15(22-14)17(21)19-16-8-9-18-20(16)11-12(3)4/h8-10,12H,5-7,11H2,1-4H3,(H,19,21). The second kappa shape index (κ2) is 7.58. The van der Waals surface area contributed by atoms with Crippen LogP contribution in [0.2, 0.25) is 0 Å². The number of hydrogen-bond acceptors (Lipinski definition) is 3. The third-order valence-corrected chi connectivity index (χ3v) is 4.71. The number of nitrogens with one attached hydrogen (secondary N) is 1. The Bertz CT molecular complexity index is 628. The second-order valence-electron chi connectivity index (χ2n) is 5.91. The number of carbonyl (C=O) groups excluding carboxylic acids is 1. The van der Waals surface area contributed by atoms with Crippen LogP contribution in [0.3, 0.4) is 0 Å². The first-order valence-corrected chi connectivity index (χ1v) is 8.81. The van der Waals surface area contributed by atoms with E-state index in [0.29, 0.717) is 5.92 Å². The summed E-state index contributed by atoms with van der Waals surface area (Å²) in [7, 11) is 0. The van der Waals surface area contributed by atoms with Crippen molar-refractivity contribution in [1.82, 2.24) is 9.78 Å². The number of nitrogens with zero attached hydrogens (tertiary/aromatic N) is 2. The highest BCUT2D eigenvalue weighted by molar-refractivity contribution is 7.14. The maximum Gasteiger partial charge on any atom is 0.266 e. The van der Waals surface area contributed by atoms with Gasteiger partial charge >= 0.3 is 0 Å². The lowest BCUT2D eigenvalue weighted by atomic mass is 10.1. The Balaban J connectivity index is 2.14. The van der Waals surface area contributed by atoms with Crippen molar-refractivity contribution >= 4 is 23.1 Å². The summed E-state index contributed by atoms with van der Waals surface area (Å²) in [5, 5.41) is 7.27. The van der Waals surface area contributed by atoms with Crippen LogP contribution in [0.25, 0.3) is 0 Å². The van der Waals surface area contributed by atoms with Crippen molar-refractivity contribution in [2.24, 2.45) is 5.92 Å². The zero-order valence-electron chi connectivity index (χ0n) is 13.8. The topological polar surface area (TPSA) is 46.9 Å². The molecule has 0 aliphatic heterocycles. The molecule has 0 bridgehead atoms. The van der Waals surface area contributed by atoms with Crippen molar-refractivity contribution in [2.75, 3.05) is 5.32 Å². The molecule has 1 N–H and O–H groups in total. The van der Waals surface area contributed by atoms with E-state index in [1.54, 1.807) is 17.5 Å². The van der Waals surface area contributed by atoms with E-state index in [1.807, 2.05) is 16.8 Å². The van der Waals surface area contributed by atoms with Gasteiger partial charge in [-0.15, -0.1) is 11.3 Å². The molecule has 0 saturated carbocycles. The molecule has 2 aromatic rings. The van der Waals surface area contributed by atoms with Crippen LogP contribution >= 0.6 is 11.3 Å². The van der Waals surface area contributed by atoms with Gasteiger partial charge in [0.15, 0.2) is 0 Å². The van der Waals surface area contributed by atoms with Gasteiger partial charge in [0.05, 0.1) is 11.1 Å². The van der Waals surface area contributed by atoms with Crippen molar-refractivity contribution < 1.29 is 4.79 Å². The van der Waals surface area contributed by atoms with Gasteiger partial charge in [-0.1, -0.05) is 34.1 Å². The predicted octanol–water partition coefficient (Wildman–Crippen LogP) is 4.37. The van der Waals surface area contributed by atoms with E-state index in [9.17, 15) is 4.79 Å². The minimum Gasteiger partial charge on any atom is -0.306 e. The van der Waals surface area contributed by atoms with Crippen LogP contribution in [0, 0.1) is 5.92 Å². The molecule has 2 aromatic heterocycles. The number of carbonyl (C=O) groups is 1. The molecular weight excluding hydrogens is 294 g/mol. The summed E-state index contributed by atoms with van der Waals surface area (Å²) in [6.45, 7) is 9.38. The summed E-state index contributed by atoms with van der Waals surface area (Å²) < 4.78 is 1.85. The number of thiophene rings is 1. The maximum absolute atomic E-state index is 12.5. The summed E-state index contributed by atoms with van der Waals surface area (Å²) in [5.41, 5.74) is 1.30. The van der Waals surface area contributed by atoms with Gasteiger partial charge in [0, 0.05) is 17.5 Å². The lowest BCUT2D eigenvalue weighted by molar-refractivity contribution is 0.102. The number of anilines is 1. The molecule has 0 aromatic carbocycles. The van der Waals surface area contributed by atoms with Gasteiger partial charge in [0.1, 0.15) is 5.82 Å². The molecule has 0 aliphatic carbocycles. The summed E-state index contributed by atoms with van der Waals surface area (Å²) >= 11 is 1.62. The van der Waals surface area contributed by atoms with Crippen LogP contribution in [-0.4, -0.2) is 15.7 Å². The molecule has 0 saturated heterocycles. The number of hydrogen-bond donors (Lipinski definition) is 1. The van der Waals surface area contributed by atoms with Crippen molar-refractivity contribution in [3.05, 3.63) is 33.6 Å². The minimum absolute atomic E-state index is 0.0347. The zero-order chi connectivity index (χ0) is 16.1. The number of rotatable bonds is 7. The summed E-state index contributed by atoms with van der Waals surface area (Å²) in [4.78, 5) is 14.6. The van der Waals surface area contributed by atoms with E-state index >= 15 is 0 Å². The van der Waals surface area contributed by atoms with Crippen molar-refractivity contribution in [1.29, 1.82) is 0 Å². The summed E-state index contributed by atoms with van der Waals surface area (Å²) in [5.74, 6) is 1.22. The molecule has 0 radical (unpaired) electrons. The first-order valence-electron chi connectivity index (χ1n) is 7.99. The molecule has 2 rings (SSSR count). The van der Waals surface area contributed by atoms with Crippen LogP contribution in [0.5, 0.6) is 0 Å². The van der Waals surface area contributed by atoms with Gasteiger partial charge in [0.25, 0.3) is 5.91 Å². The Labute approximate surface area is 136 Å². The van der Waals surface area contributed by atoms with Crippen LogP contribution in [0.4, 0.5) is 5.82 Å². The number of aryl methyl sites for hydroxylation is 2. The molecule has 4 nitrogen and oxygen atoms in total. The first-order chi connectivity index (χ1) is 10.5. The van der Waals surface area contributed by atoms with Crippen LogP contribution in [-0.2, 0) is 19.4 Å². The number of aromatic nitrogens is 2. The fourth-order valence-corrected chi connectivity index (χ4v) is 3.68. The van der Waals surface area contributed by atoms with E-state index < -0.39 is 0 Å². The molecule has 0 fully saturated rings. The molecule has 22 heavy (non-hydrogen) atoms. The lowest BCUT2D eigenvalue weighted by Gasteiger charge is -2.10. The molecule has 0 spiro atoms. The third kappa shape index (κ3) is 3.97. The second-order valence-corrected chi connectivity index (χ2v) is 7.05. The number of amides is 1. The van der Waals surface area contributed by atoms with E-state index in [1.165, 1.54) is 10.4 Å². The zero-order valence-corrected chi connectivity index (χ0v) is 14.7. The summed E-state index contributed by atoms with van der Waals surface area (Å²) in [6.07, 6.45) is 4.86. The lowest BCUT2D eigenvalue weighted by Crippen LogP contribution is -2.16. The highest BCUT2D eigenvalue weighted by Gasteiger charge is 2.15. The third-order valence-electron chi connectivity index (χ3n) is 3.47. The molecule has 120 valence electrons. The van der Waals surface area contributed by atoms with E-state index in [2.05, 4.69) is 38.1 Å². The SMILES string of the molecule is CCCc1sc(C(=O)Nc2ccnn2CC(C)C)cc1CC. The fourth-order valence-electron chi connectivity index (χ4n) is 2.42. The molecule has 0 atom stereocenters. The first kappa shape index (κ1) is 16.7. The van der Waals surface area contributed by atoms with Gasteiger partial charge in [0.2, 0.25) is 0 Å². The van der Waals surface area contributed by atoms with Crippen molar-refractivity contribution in [2.45, 2.75) is 53.5 Å². The van der Waals surface area contributed by atoms with Crippen molar-refractivity contribution in [3.8, 4) is 0 Å². The Kier molecular flexibility index (Phi) is 5.77. The van der Waals surface area contributed by atoms with Crippen molar-refractivity contribution in [3.63, 3.8) is 0 Å². The highest BCUT2D eigenvalue weighted by Crippen LogP contribution is 2.25. The smallest absolute Gasteiger partial charge is 0.266 e. The normalized spacial score (nSPS) is 11.1. The molecule has 0 unspecified atom stereocenters. The average Bonchev–Trinajstić information content (AvgIpc) is 3.06. The Morgan fingerprint density at radius 2 is 2.18 bits per heavy atom. The Morgan fingerprint density at radius 1 is 1.41 bits per heavy atom. The van der Waals surface area contributed by atoms with Gasteiger partial charge in [-0.25, -0.2) is 4.68 Å². The Morgan fingerprint density at radius 3 is 2.82 bits per heavy atom. The van der Waals surface area contributed by atoms with Gasteiger partial charge in [-0.2, -0.15) is 5.10 Å². The van der Waals surface area contributed by atoms with Crippen LogP contribution in [0.1, 0.15) is 54.2 Å². The molecule has 0 aliphatic rings. The largest absolute Gasteiger partial charge is 0.306 e. The minimum atomic E-state index is -0.0347. The van der Waals surface area contributed by atoms with Crippen LogP contribution in [0.15, 0.2) is 18.3 Å². The van der Waals surface area contributed by atoms with Gasteiger partial charge < -0.3 is 5.32 Å². The monoisotopic (exact) mass is 319 g/mol. The van der Waals surface area contributed by atoms with Gasteiger partial charge in [-0.05, 0) is 30.4 Å². The van der Waals surface area contributed by atoms with E-state index in [-0.39, 0.29) is 5.91 Å². The van der Waals surface area contributed by atoms with Crippen LogP contribution < -0.4 is 5.32 Å². The molecule has 2 heterocycles. The molecular formula is C17H25N3OS. The maximum atomic E-state index is 12.5. The van der Waals surface area contributed by atoms with E-state index in [4.69, 9.17) is 0 Å². The Hall–Kier alpha value is -1.62. The quantitative estimate of drug-likeness (QED) is 0.824. The summed E-state index contributed by atoms with van der Waals surface area (Å²) in [6, 6.07) is 3.88. The molecule has 1 amide bonds. The predicted molar refractivity (Wildman–Crippen MR) is 92.7 cm³/mol. The molecule has 5 heteroatoms. The highest BCUT2D eigenvalue weighted by atomic mass is 32.1. The van der Waals surface area contributed by atoms with Gasteiger partial charge in [-0.3, -0.25) is 4.79 Å².